The van der Waals surface area contributed by atoms with Crippen molar-refractivity contribution in [2.24, 2.45) is 0 Å². The summed E-state index contributed by atoms with van der Waals surface area (Å²) >= 11 is 1.90. The van der Waals surface area contributed by atoms with Crippen molar-refractivity contribution in [3.63, 3.8) is 0 Å². The number of ether oxygens (including phenoxy) is 1. The fourth-order valence-electron chi connectivity index (χ4n) is 3.17. The number of hydrogen-bond acceptors (Lipinski definition) is 5. The lowest BCUT2D eigenvalue weighted by Crippen LogP contribution is -2.43. The number of hydrogen-bond donors (Lipinski definition) is 1. The molecule has 5 nitrogen and oxygen atoms in total. The van der Waals surface area contributed by atoms with Crippen LogP contribution in [-0.2, 0) is 28.9 Å². The SMILES string of the molecule is CC(=O)NCC[C@@H]1CN(Cc2nc3c(s2)CCCC3)CCO1. The lowest BCUT2D eigenvalue weighted by Gasteiger charge is -2.32. The number of aryl methyl sites for hydroxylation is 2. The van der Waals surface area contributed by atoms with E-state index in [1.165, 1.54) is 34.8 Å². The van der Waals surface area contributed by atoms with Crippen LogP contribution in [0.25, 0.3) is 0 Å². The third kappa shape index (κ3) is 4.27. The third-order valence-electron chi connectivity index (χ3n) is 4.31. The Balaban J connectivity index is 1.49. The van der Waals surface area contributed by atoms with Gasteiger partial charge in [0.1, 0.15) is 5.01 Å². The van der Waals surface area contributed by atoms with Gasteiger partial charge in [0, 0.05) is 31.4 Å². The molecule has 1 aromatic heterocycles. The predicted molar refractivity (Wildman–Crippen MR) is 87.1 cm³/mol. The first-order chi connectivity index (χ1) is 10.7. The highest BCUT2D eigenvalue weighted by atomic mass is 32.1. The first-order valence-electron chi connectivity index (χ1n) is 8.26. The van der Waals surface area contributed by atoms with Gasteiger partial charge in [0.25, 0.3) is 0 Å². The Bertz CT molecular complexity index is 494. The second-order valence-electron chi connectivity index (χ2n) is 6.18. The van der Waals surface area contributed by atoms with Crippen LogP contribution in [0.2, 0.25) is 0 Å². The molecule has 1 saturated heterocycles. The molecule has 0 bridgehead atoms. The molecule has 3 rings (SSSR count). The molecule has 0 saturated carbocycles. The zero-order chi connectivity index (χ0) is 15.4. The van der Waals surface area contributed by atoms with E-state index in [4.69, 9.17) is 9.72 Å². The number of nitrogens with zero attached hydrogens (tertiary/aromatic N) is 2. The van der Waals surface area contributed by atoms with Crippen LogP contribution < -0.4 is 5.32 Å². The van der Waals surface area contributed by atoms with Crippen molar-refractivity contribution in [2.75, 3.05) is 26.2 Å². The van der Waals surface area contributed by atoms with Crippen molar-refractivity contribution in [1.29, 1.82) is 0 Å². The quantitative estimate of drug-likeness (QED) is 0.897. The smallest absolute Gasteiger partial charge is 0.216 e. The van der Waals surface area contributed by atoms with Gasteiger partial charge in [0.05, 0.1) is 24.9 Å². The summed E-state index contributed by atoms with van der Waals surface area (Å²) in [6.07, 6.45) is 6.08. The Morgan fingerprint density at radius 2 is 2.32 bits per heavy atom. The third-order valence-corrected chi connectivity index (χ3v) is 5.45. The Morgan fingerprint density at radius 1 is 1.45 bits per heavy atom. The van der Waals surface area contributed by atoms with Gasteiger partial charge < -0.3 is 10.1 Å². The highest BCUT2D eigenvalue weighted by Crippen LogP contribution is 2.27. The van der Waals surface area contributed by atoms with Crippen molar-refractivity contribution in [3.8, 4) is 0 Å². The number of fused-ring (bicyclic) bond motifs is 1. The summed E-state index contributed by atoms with van der Waals surface area (Å²) in [6, 6.07) is 0. The van der Waals surface area contributed by atoms with Gasteiger partial charge in [-0.1, -0.05) is 0 Å². The van der Waals surface area contributed by atoms with Crippen LogP contribution >= 0.6 is 11.3 Å². The van der Waals surface area contributed by atoms with E-state index in [0.717, 1.165) is 39.1 Å². The van der Waals surface area contributed by atoms with Gasteiger partial charge in [-0.3, -0.25) is 9.69 Å². The molecule has 0 unspecified atom stereocenters. The number of thiazole rings is 1. The minimum Gasteiger partial charge on any atom is -0.375 e. The van der Waals surface area contributed by atoms with E-state index < -0.39 is 0 Å². The normalized spacial score (nSPS) is 22.3. The molecule has 1 atom stereocenters. The lowest BCUT2D eigenvalue weighted by molar-refractivity contribution is -0.119. The van der Waals surface area contributed by atoms with Crippen LogP contribution in [0.1, 0.15) is 41.8 Å². The van der Waals surface area contributed by atoms with E-state index >= 15 is 0 Å². The number of carbonyl (C=O) groups excluding carboxylic acids is 1. The van der Waals surface area contributed by atoms with Gasteiger partial charge in [-0.25, -0.2) is 4.98 Å². The Kier molecular flexibility index (Phi) is 5.44. The standard InChI is InChI=1S/C16H25N3O2S/c1-12(20)17-7-6-13-10-19(8-9-21-13)11-16-18-14-4-2-3-5-15(14)22-16/h13H,2-11H2,1H3,(H,17,20)/t13-/m1/s1. The summed E-state index contributed by atoms with van der Waals surface area (Å²) in [5.74, 6) is 0.0287. The second-order valence-corrected chi connectivity index (χ2v) is 7.35. The molecule has 2 heterocycles. The largest absolute Gasteiger partial charge is 0.375 e. The van der Waals surface area contributed by atoms with Gasteiger partial charge in [-0.15, -0.1) is 11.3 Å². The molecule has 0 spiro atoms. The Morgan fingerprint density at radius 3 is 3.14 bits per heavy atom. The highest BCUT2D eigenvalue weighted by Gasteiger charge is 2.22. The van der Waals surface area contributed by atoms with Gasteiger partial charge in [-0.2, -0.15) is 0 Å². The number of nitrogens with one attached hydrogen (secondary N) is 1. The van der Waals surface area contributed by atoms with E-state index in [0.29, 0.717) is 6.54 Å². The van der Waals surface area contributed by atoms with E-state index in [-0.39, 0.29) is 12.0 Å². The monoisotopic (exact) mass is 323 g/mol. The molecule has 1 amide bonds. The van der Waals surface area contributed by atoms with Crippen LogP contribution in [0, 0.1) is 0 Å². The van der Waals surface area contributed by atoms with Crippen LogP contribution in [-0.4, -0.2) is 48.1 Å². The van der Waals surface area contributed by atoms with E-state index in [1.54, 1.807) is 6.92 Å². The average molecular weight is 323 g/mol. The van der Waals surface area contributed by atoms with Crippen LogP contribution in [0.5, 0.6) is 0 Å². The minimum absolute atomic E-state index is 0.0287. The molecule has 1 N–H and O–H groups in total. The molecular formula is C16H25N3O2S. The van der Waals surface area contributed by atoms with Crippen molar-refractivity contribution >= 4 is 17.2 Å². The van der Waals surface area contributed by atoms with Crippen LogP contribution in [0.4, 0.5) is 0 Å². The maximum absolute atomic E-state index is 10.9. The van der Waals surface area contributed by atoms with Crippen LogP contribution in [0.15, 0.2) is 0 Å². The zero-order valence-electron chi connectivity index (χ0n) is 13.3. The predicted octanol–water partition coefficient (Wildman–Crippen LogP) is 1.75. The van der Waals surface area contributed by atoms with Gasteiger partial charge >= 0.3 is 0 Å². The molecule has 122 valence electrons. The van der Waals surface area contributed by atoms with E-state index in [9.17, 15) is 4.79 Å². The van der Waals surface area contributed by atoms with Gasteiger partial charge in [-0.05, 0) is 32.1 Å². The highest BCUT2D eigenvalue weighted by molar-refractivity contribution is 7.11. The van der Waals surface area contributed by atoms with Gasteiger partial charge in [0.15, 0.2) is 0 Å². The molecule has 1 fully saturated rings. The summed E-state index contributed by atoms with van der Waals surface area (Å²) in [6.45, 7) is 5.87. The summed E-state index contributed by atoms with van der Waals surface area (Å²) in [5.41, 5.74) is 1.35. The maximum Gasteiger partial charge on any atom is 0.216 e. The molecule has 1 aromatic rings. The number of rotatable bonds is 5. The van der Waals surface area contributed by atoms with Crippen molar-refractivity contribution < 1.29 is 9.53 Å². The fraction of sp³-hybridized carbons (Fsp3) is 0.750. The summed E-state index contributed by atoms with van der Waals surface area (Å²) in [5, 5.41) is 4.10. The van der Waals surface area contributed by atoms with Gasteiger partial charge in [0.2, 0.25) is 5.91 Å². The molecule has 22 heavy (non-hydrogen) atoms. The average Bonchev–Trinajstić information content (AvgIpc) is 2.89. The molecule has 1 aliphatic heterocycles. The summed E-state index contributed by atoms with van der Waals surface area (Å²) in [7, 11) is 0. The Labute approximate surface area is 136 Å². The first-order valence-corrected chi connectivity index (χ1v) is 9.08. The van der Waals surface area contributed by atoms with Crippen molar-refractivity contribution in [1.82, 2.24) is 15.2 Å². The first kappa shape index (κ1) is 15.9. The molecule has 6 heteroatoms. The fourth-order valence-corrected chi connectivity index (χ4v) is 4.37. The number of aromatic nitrogens is 1. The van der Waals surface area contributed by atoms with E-state index in [2.05, 4.69) is 10.2 Å². The zero-order valence-corrected chi connectivity index (χ0v) is 14.1. The molecule has 1 aliphatic carbocycles. The molecule has 2 aliphatic rings. The Hall–Kier alpha value is -0.980. The molecular weight excluding hydrogens is 298 g/mol. The summed E-state index contributed by atoms with van der Waals surface area (Å²) < 4.78 is 5.80. The van der Waals surface area contributed by atoms with Crippen LogP contribution in [0.3, 0.4) is 0 Å². The molecule has 0 radical (unpaired) electrons. The van der Waals surface area contributed by atoms with Crippen molar-refractivity contribution in [2.45, 2.75) is 51.7 Å². The topological polar surface area (TPSA) is 54.5 Å². The lowest BCUT2D eigenvalue weighted by atomic mass is 10.0. The maximum atomic E-state index is 10.9. The number of amides is 1. The number of carbonyl (C=O) groups is 1. The summed E-state index contributed by atoms with van der Waals surface area (Å²) in [4.78, 5) is 19.7. The molecule has 0 aromatic carbocycles. The van der Waals surface area contributed by atoms with E-state index in [1.807, 2.05) is 11.3 Å². The second kappa shape index (κ2) is 7.53. The minimum atomic E-state index is 0.0287. The van der Waals surface area contributed by atoms with Crippen molar-refractivity contribution in [3.05, 3.63) is 15.6 Å². The number of morpholine rings is 1.